The van der Waals surface area contributed by atoms with Crippen LogP contribution < -0.4 is 0 Å². The van der Waals surface area contributed by atoms with Crippen LogP contribution in [0.2, 0.25) is 5.02 Å². The van der Waals surface area contributed by atoms with Gasteiger partial charge in [0.05, 0.1) is 11.9 Å². The first kappa shape index (κ1) is 14.0. The second-order valence-electron chi connectivity index (χ2n) is 4.11. The number of halogens is 2. The fourth-order valence-electron chi connectivity index (χ4n) is 1.69. The van der Waals surface area contributed by atoms with Crippen molar-refractivity contribution in [3.8, 4) is 5.69 Å². The molecule has 3 aromatic rings. The zero-order chi connectivity index (χ0) is 14.7. The van der Waals surface area contributed by atoms with E-state index in [1.807, 2.05) is 12.1 Å². The number of benzene rings is 1. The number of nitrogens with zero attached hydrogens (tertiary/aromatic N) is 5. The molecule has 0 atom stereocenters. The first-order valence-electron chi connectivity index (χ1n) is 5.99. The maximum Gasteiger partial charge on any atom is 0.214 e. The fraction of sp³-hybridized carbons (Fsp3) is 0.0769. The third-order valence-electron chi connectivity index (χ3n) is 2.70. The van der Waals surface area contributed by atoms with Crippen LogP contribution >= 0.6 is 23.4 Å². The van der Waals surface area contributed by atoms with Crippen molar-refractivity contribution < 1.29 is 4.39 Å². The maximum absolute atomic E-state index is 13.0. The first-order valence-corrected chi connectivity index (χ1v) is 7.36. The summed E-state index contributed by atoms with van der Waals surface area (Å²) in [6.45, 7) is 0. The van der Waals surface area contributed by atoms with E-state index in [0.29, 0.717) is 15.9 Å². The minimum absolute atomic E-state index is 0.353. The van der Waals surface area contributed by atoms with Gasteiger partial charge in [-0.3, -0.25) is 4.98 Å². The van der Waals surface area contributed by atoms with Crippen LogP contribution in [0.15, 0.2) is 47.9 Å². The molecule has 0 bridgehead atoms. The van der Waals surface area contributed by atoms with E-state index in [1.54, 1.807) is 23.1 Å². The number of rotatable bonds is 4. The van der Waals surface area contributed by atoms with Gasteiger partial charge in [0.25, 0.3) is 0 Å². The van der Waals surface area contributed by atoms with E-state index in [1.165, 1.54) is 23.9 Å². The van der Waals surface area contributed by atoms with Gasteiger partial charge in [0.1, 0.15) is 5.82 Å². The number of tetrazole rings is 1. The largest absolute Gasteiger partial charge is 0.262 e. The molecule has 2 heterocycles. The van der Waals surface area contributed by atoms with Gasteiger partial charge in [0, 0.05) is 17.0 Å². The van der Waals surface area contributed by atoms with Crippen molar-refractivity contribution in [2.75, 3.05) is 0 Å². The lowest BCUT2D eigenvalue weighted by atomic mass is 10.2. The lowest BCUT2D eigenvalue weighted by Crippen LogP contribution is -1.99. The van der Waals surface area contributed by atoms with E-state index in [0.717, 1.165) is 11.3 Å². The standard InChI is InChI=1S/C13H9ClFN5S/c14-12-6-10(15)4-3-9(12)8-21-13-17-18-19-20(13)11-2-1-5-16-7-11/h1-7H,8H2. The molecule has 8 heteroatoms. The summed E-state index contributed by atoms with van der Waals surface area (Å²) >= 11 is 7.42. The van der Waals surface area contributed by atoms with Gasteiger partial charge in [0.15, 0.2) is 0 Å². The van der Waals surface area contributed by atoms with Crippen LogP contribution in [0.4, 0.5) is 4.39 Å². The highest BCUT2D eigenvalue weighted by Gasteiger charge is 2.10. The predicted octanol–water partition coefficient (Wildman–Crippen LogP) is 3.14. The Bertz CT molecular complexity index is 749. The Kier molecular flexibility index (Phi) is 4.12. The van der Waals surface area contributed by atoms with Crippen molar-refractivity contribution in [2.24, 2.45) is 0 Å². The third-order valence-corrected chi connectivity index (χ3v) is 4.02. The molecular formula is C13H9ClFN5S. The van der Waals surface area contributed by atoms with Gasteiger partial charge in [0.2, 0.25) is 5.16 Å². The Labute approximate surface area is 129 Å². The molecule has 0 aliphatic carbocycles. The lowest BCUT2D eigenvalue weighted by Gasteiger charge is -2.05. The van der Waals surface area contributed by atoms with Crippen molar-refractivity contribution in [3.63, 3.8) is 0 Å². The Morgan fingerprint density at radius 3 is 2.95 bits per heavy atom. The summed E-state index contributed by atoms with van der Waals surface area (Å²) in [5.74, 6) is 0.189. The lowest BCUT2D eigenvalue weighted by molar-refractivity contribution is 0.627. The summed E-state index contributed by atoms with van der Waals surface area (Å²) in [6.07, 6.45) is 3.35. The molecule has 21 heavy (non-hydrogen) atoms. The summed E-state index contributed by atoms with van der Waals surface area (Å²) in [5, 5.41) is 12.6. The summed E-state index contributed by atoms with van der Waals surface area (Å²) < 4.78 is 14.6. The van der Waals surface area contributed by atoms with Gasteiger partial charge in [-0.1, -0.05) is 29.4 Å². The van der Waals surface area contributed by atoms with Gasteiger partial charge in [-0.05, 0) is 40.3 Å². The predicted molar refractivity (Wildman–Crippen MR) is 77.9 cm³/mol. The van der Waals surface area contributed by atoms with E-state index in [2.05, 4.69) is 20.5 Å². The maximum atomic E-state index is 13.0. The van der Waals surface area contributed by atoms with Gasteiger partial charge in [-0.15, -0.1) is 5.10 Å². The van der Waals surface area contributed by atoms with Crippen LogP contribution in [0.5, 0.6) is 0 Å². The Morgan fingerprint density at radius 1 is 1.29 bits per heavy atom. The summed E-state index contributed by atoms with van der Waals surface area (Å²) in [4.78, 5) is 4.04. The van der Waals surface area contributed by atoms with E-state index >= 15 is 0 Å². The number of thioether (sulfide) groups is 1. The Balaban J connectivity index is 1.79. The molecule has 3 rings (SSSR count). The molecule has 0 N–H and O–H groups in total. The second-order valence-corrected chi connectivity index (χ2v) is 5.46. The molecule has 0 unspecified atom stereocenters. The number of aromatic nitrogens is 5. The minimum Gasteiger partial charge on any atom is -0.262 e. The Morgan fingerprint density at radius 2 is 2.19 bits per heavy atom. The van der Waals surface area contributed by atoms with Crippen LogP contribution in [0.25, 0.3) is 5.69 Å². The van der Waals surface area contributed by atoms with Crippen molar-refractivity contribution in [2.45, 2.75) is 10.9 Å². The molecule has 0 aliphatic rings. The van der Waals surface area contributed by atoms with Crippen LogP contribution in [-0.2, 0) is 5.75 Å². The summed E-state index contributed by atoms with van der Waals surface area (Å²) in [6, 6.07) is 8.00. The van der Waals surface area contributed by atoms with Gasteiger partial charge >= 0.3 is 0 Å². The van der Waals surface area contributed by atoms with Gasteiger partial charge < -0.3 is 0 Å². The first-order chi connectivity index (χ1) is 10.2. The third kappa shape index (κ3) is 3.20. The van der Waals surface area contributed by atoms with Crippen LogP contribution in [0, 0.1) is 5.82 Å². The minimum atomic E-state index is -0.353. The van der Waals surface area contributed by atoms with Crippen LogP contribution in [0.1, 0.15) is 5.56 Å². The number of pyridine rings is 1. The molecule has 0 amide bonds. The zero-order valence-corrected chi connectivity index (χ0v) is 12.2. The quantitative estimate of drug-likeness (QED) is 0.691. The average molecular weight is 322 g/mol. The Hall–Kier alpha value is -1.99. The molecule has 0 spiro atoms. The second kappa shape index (κ2) is 6.19. The van der Waals surface area contributed by atoms with E-state index < -0.39 is 0 Å². The smallest absolute Gasteiger partial charge is 0.214 e. The van der Waals surface area contributed by atoms with Crippen molar-refractivity contribution in [1.82, 2.24) is 25.2 Å². The number of hydrogen-bond acceptors (Lipinski definition) is 5. The van der Waals surface area contributed by atoms with Gasteiger partial charge in [-0.25, -0.2) is 4.39 Å². The van der Waals surface area contributed by atoms with E-state index in [9.17, 15) is 4.39 Å². The fourth-order valence-corrected chi connectivity index (χ4v) is 2.90. The molecule has 0 radical (unpaired) electrons. The van der Waals surface area contributed by atoms with E-state index in [-0.39, 0.29) is 5.82 Å². The number of hydrogen-bond donors (Lipinski definition) is 0. The van der Waals surface area contributed by atoms with Crippen LogP contribution in [-0.4, -0.2) is 25.2 Å². The molecule has 0 saturated heterocycles. The molecule has 106 valence electrons. The normalized spacial score (nSPS) is 10.8. The molecular weight excluding hydrogens is 313 g/mol. The highest BCUT2D eigenvalue weighted by atomic mass is 35.5. The molecule has 0 fully saturated rings. The molecule has 5 nitrogen and oxygen atoms in total. The molecule has 1 aromatic carbocycles. The molecule has 2 aromatic heterocycles. The highest BCUT2D eigenvalue weighted by Crippen LogP contribution is 2.26. The summed E-state index contributed by atoms with van der Waals surface area (Å²) in [5.41, 5.74) is 1.60. The van der Waals surface area contributed by atoms with Crippen molar-refractivity contribution in [3.05, 3.63) is 59.1 Å². The van der Waals surface area contributed by atoms with Gasteiger partial charge in [-0.2, -0.15) is 4.68 Å². The zero-order valence-electron chi connectivity index (χ0n) is 10.6. The van der Waals surface area contributed by atoms with Crippen molar-refractivity contribution >= 4 is 23.4 Å². The highest BCUT2D eigenvalue weighted by molar-refractivity contribution is 7.98. The average Bonchev–Trinajstić information content (AvgIpc) is 2.96. The van der Waals surface area contributed by atoms with Crippen LogP contribution in [0.3, 0.4) is 0 Å². The molecule has 0 aliphatic heterocycles. The SMILES string of the molecule is Fc1ccc(CSc2nnnn2-c2cccnc2)c(Cl)c1. The molecule has 0 saturated carbocycles. The van der Waals surface area contributed by atoms with Crippen molar-refractivity contribution in [1.29, 1.82) is 0 Å². The monoisotopic (exact) mass is 321 g/mol. The van der Waals surface area contributed by atoms with E-state index in [4.69, 9.17) is 11.6 Å². The summed E-state index contributed by atoms with van der Waals surface area (Å²) in [7, 11) is 0. The topological polar surface area (TPSA) is 56.5 Å².